The molecule has 2 aliphatic heterocycles. The number of hydrogen-bond donors (Lipinski definition) is 1. The Balaban J connectivity index is 1.79. The number of nitrogens with two attached hydrogens (primary N) is 1. The highest BCUT2D eigenvalue weighted by atomic mass is 16.6. The monoisotopic (exact) mass is 344 g/mol. The van der Waals surface area contributed by atoms with Gasteiger partial charge >= 0.3 is 5.97 Å². The summed E-state index contributed by atoms with van der Waals surface area (Å²) in [4.78, 5) is 12.8. The quantitative estimate of drug-likeness (QED) is 0.844. The number of rotatable bonds is 2. The molecule has 2 aromatic carbocycles. The number of ether oxygens (including phenoxy) is 2. The second kappa shape index (κ2) is 6.41. The third-order valence-corrected chi connectivity index (χ3v) is 4.64. The minimum absolute atomic E-state index is 0.0432. The Morgan fingerprint density at radius 2 is 1.62 bits per heavy atom. The molecule has 5 heteroatoms. The van der Waals surface area contributed by atoms with Crippen LogP contribution in [0, 0.1) is 11.3 Å². The second-order valence-electron chi connectivity index (χ2n) is 6.18. The molecule has 2 N–H and O–H groups in total. The van der Waals surface area contributed by atoms with E-state index in [1.54, 1.807) is 0 Å². The van der Waals surface area contributed by atoms with Crippen LogP contribution in [-0.4, -0.2) is 5.97 Å². The lowest BCUT2D eigenvalue weighted by molar-refractivity contribution is -0.147. The predicted molar refractivity (Wildman–Crippen MR) is 94.0 cm³/mol. The molecule has 26 heavy (non-hydrogen) atoms. The van der Waals surface area contributed by atoms with Gasteiger partial charge in [0.25, 0.3) is 0 Å². The largest absolute Gasteiger partial charge is 0.454 e. The Hall–Kier alpha value is -3.52. The van der Waals surface area contributed by atoms with E-state index in [9.17, 15) is 10.1 Å². The van der Waals surface area contributed by atoms with Crippen molar-refractivity contribution in [1.29, 1.82) is 5.26 Å². The van der Waals surface area contributed by atoms with Gasteiger partial charge in [-0.3, -0.25) is 0 Å². The number of benzene rings is 2. The third kappa shape index (κ3) is 2.62. The summed E-state index contributed by atoms with van der Waals surface area (Å²) >= 11 is 0. The number of carbonyl (C=O) groups excluding carboxylic acids is 1. The average molecular weight is 344 g/mol. The smallest absolute Gasteiger partial charge is 0.339 e. The maximum Gasteiger partial charge on any atom is 0.339 e. The van der Waals surface area contributed by atoms with Crippen LogP contribution in [0.1, 0.15) is 29.6 Å². The molecule has 0 spiro atoms. The SMILES string of the molecule is N#CC1=C(N)OC2=C(C(=O)O[C@H](c3ccccc3)C2)[C@@H]1c1ccccc1. The number of carbonyl (C=O) groups is 1. The van der Waals surface area contributed by atoms with Crippen LogP contribution in [0.2, 0.25) is 0 Å². The molecule has 0 bridgehead atoms. The summed E-state index contributed by atoms with van der Waals surface area (Å²) in [5.74, 6) is -0.537. The van der Waals surface area contributed by atoms with E-state index in [4.69, 9.17) is 15.2 Å². The van der Waals surface area contributed by atoms with Gasteiger partial charge in [0.1, 0.15) is 23.5 Å². The van der Waals surface area contributed by atoms with Crippen molar-refractivity contribution in [3.8, 4) is 6.07 Å². The lowest BCUT2D eigenvalue weighted by Crippen LogP contribution is -2.31. The van der Waals surface area contributed by atoms with Crippen LogP contribution < -0.4 is 5.73 Å². The van der Waals surface area contributed by atoms with Crippen molar-refractivity contribution in [3.05, 3.63) is 94.6 Å². The van der Waals surface area contributed by atoms with Crippen LogP contribution in [-0.2, 0) is 14.3 Å². The van der Waals surface area contributed by atoms with E-state index in [0.717, 1.165) is 11.1 Å². The maximum absolute atomic E-state index is 12.8. The van der Waals surface area contributed by atoms with Gasteiger partial charge in [-0.05, 0) is 11.1 Å². The van der Waals surface area contributed by atoms with E-state index in [0.29, 0.717) is 17.8 Å². The molecule has 0 unspecified atom stereocenters. The van der Waals surface area contributed by atoms with Crippen LogP contribution in [0.25, 0.3) is 0 Å². The minimum atomic E-state index is -0.575. The molecular weight excluding hydrogens is 328 g/mol. The molecule has 128 valence electrons. The lowest BCUT2D eigenvalue weighted by Gasteiger charge is -2.34. The highest BCUT2D eigenvalue weighted by molar-refractivity contribution is 5.93. The summed E-state index contributed by atoms with van der Waals surface area (Å²) in [6, 6.07) is 20.9. The molecular formula is C21H16N2O3. The predicted octanol–water partition coefficient (Wildman–Crippen LogP) is 3.44. The molecule has 2 heterocycles. The average Bonchev–Trinajstić information content (AvgIpc) is 2.68. The fraction of sp³-hybridized carbons (Fsp3) is 0.143. The van der Waals surface area contributed by atoms with Crippen molar-refractivity contribution < 1.29 is 14.3 Å². The molecule has 0 radical (unpaired) electrons. The van der Waals surface area contributed by atoms with Crippen molar-refractivity contribution in [3.63, 3.8) is 0 Å². The first-order valence-electron chi connectivity index (χ1n) is 8.30. The van der Waals surface area contributed by atoms with Crippen molar-refractivity contribution in [2.75, 3.05) is 0 Å². The second-order valence-corrected chi connectivity index (χ2v) is 6.18. The van der Waals surface area contributed by atoms with Gasteiger partial charge in [-0.25, -0.2) is 4.79 Å². The normalized spacial score (nSPS) is 22.2. The Morgan fingerprint density at radius 1 is 1.00 bits per heavy atom. The summed E-state index contributed by atoms with van der Waals surface area (Å²) in [5.41, 5.74) is 8.28. The van der Waals surface area contributed by atoms with Crippen LogP contribution >= 0.6 is 0 Å². The summed E-state index contributed by atoms with van der Waals surface area (Å²) in [7, 11) is 0. The number of cyclic esters (lactones) is 1. The Labute approximate surface area is 151 Å². The van der Waals surface area contributed by atoms with Gasteiger partial charge in [0.15, 0.2) is 0 Å². The topological polar surface area (TPSA) is 85.3 Å². The highest BCUT2D eigenvalue weighted by Gasteiger charge is 2.42. The van der Waals surface area contributed by atoms with Crippen LogP contribution in [0.3, 0.4) is 0 Å². The van der Waals surface area contributed by atoms with Crippen LogP contribution in [0.15, 0.2) is 83.5 Å². The van der Waals surface area contributed by atoms with Gasteiger partial charge in [0.2, 0.25) is 5.88 Å². The Kier molecular flexibility index (Phi) is 3.94. The molecule has 0 saturated carbocycles. The Bertz CT molecular complexity index is 956. The molecule has 0 amide bonds. The van der Waals surface area contributed by atoms with Gasteiger partial charge < -0.3 is 15.2 Å². The van der Waals surface area contributed by atoms with Gasteiger partial charge in [0.05, 0.1) is 11.5 Å². The zero-order chi connectivity index (χ0) is 18.1. The van der Waals surface area contributed by atoms with E-state index < -0.39 is 18.0 Å². The summed E-state index contributed by atoms with van der Waals surface area (Å²) in [6.45, 7) is 0. The fourth-order valence-electron chi connectivity index (χ4n) is 3.43. The van der Waals surface area contributed by atoms with Crippen molar-refractivity contribution in [2.45, 2.75) is 18.4 Å². The van der Waals surface area contributed by atoms with E-state index in [1.165, 1.54) is 0 Å². The van der Waals surface area contributed by atoms with Crippen LogP contribution in [0.4, 0.5) is 0 Å². The minimum Gasteiger partial charge on any atom is -0.454 e. The number of nitrogens with zero attached hydrogens (tertiary/aromatic N) is 1. The highest BCUT2D eigenvalue weighted by Crippen LogP contribution is 2.45. The summed E-state index contributed by atoms with van der Waals surface area (Å²) in [5, 5.41) is 9.56. The number of allylic oxidation sites excluding steroid dienone is 1. The molecule has 5 nitrogen and oxygen atoms in total. The zero-order valence-corrected chi connectivity index (χ0v) is 13.9. The van der Waals surface area contributed by atoms with E-state index >= 15 is 0 Å². The fourth-order valence-corrected chi connectivity index (χ4v) is 3.43. The third-order valence-electron chi connectivity index (χ3n) is 4.64. The molecule has 2 aliphatic rings. The van der Waals surface area contributed by atoms with Crippen molar-refractivity contribution in [2.24, 2.45) is 5.73 Å². The molecule has 0 fully saturated rings. The first-order valence-corrected chi connectivity index (χ1v) is 8.30. The molecule has 2 atom stereocenters. The Morgan fingerprint density at radius 3 is 2.23 bits per heavy atom. The van der Waals surface area contributed by atoms with Gasteiger partial charge in [-0.1, -0.05) is 60.7 Å². The number of hydrogen-bond acceptors (Lipinski definition) is 5. The van der Waals surface area contributed by atoms with Crippen molar-refractivity contribution >= 4 is 5.97 Å². The zero-order valence-electron chi connectivity index (χ0n) is 13.9. The maximum atomic E-state index is 12.8. The lowest BCUT2D eigenvalue weighted by atomic mass is 9.81. The molecule has 0 aliphatic carbocycles. The summed E-state index contributed by atoms with van der Waals surface area (Å²) < 4.78 is 11.4. The molecule has 0 aromatic heterocycles. The number of nitriles is 1. The van der Waals surface area contributed by atoms with Gasteiger partial charge in [-0.15, -0.1) is 0 Å². The van der Waals surface area contributed by atoms with Crippen molar-refractivity contribution in [1.82, 2.24) is 0 Å². The van der Waals surface area contributed by atoms with Gasteiger partial charge in [-0.2, -0.15) is 5.26 Å². The summed E-state index contributed by atoms with van der Waals surface area (Å²) in [6.07, 6.45) is -0.0521. The molecule has 2 aromatic rings. The first kappa shape index (κ1) is 16.0. The molecule has 4 rings (SSSR count). The van der Waals surface area contributed by atoms with Crippen LogP contribution in [0.5, 0.6) is 0 Å². The van der Waals surface area contributed by atoms with Gasteiger partial charge in [0, 0.05) is 6.42 Å². The molecule has 0 saturated heterocycles. The van der Waals surface area contributed by atoms with E-state index in [2.05, 4.69) is 6.07 Å². The van der Waals surface area contributed by atoms with E-state index in [-0.39, 0.29) is 11.5 Å². The number of esters is 1. The first-order chi connectivity index (χ1) is 12.7. The standard InChI is InChI=1S/C21H16N2O3/c22-12-15-18(14-9-5-2-6-10-14)19-17(25-20(15)23)11-16(26-21(19)24)13-7-3-1-4-8-13/h1-10,16,18H,11,23H2/t16-,18+/m0/s1. The van der Waals surface area contributed by atoms with E-state index in [1.807, 2.05) is 60.7 Å².